The maximum absolute atomic E-state index is 12.9. The molecular weight excluding hydrogens is 997 g/mol. The summed E-state index contributed by atoms with van der Waals surface area (Å²) >= 11 is 0. The lowest BCUT2D eigenvalue weighted by Crippen LogP contribution is -2.30. The Balaban J connectivity index is 4.39. The summed E-state index contributed by atoms with van der Waals surface area (Å²) in [5, 5.41) is 0. The number of carbonyl (C=O) groups is 3. The molecule has 0 spiro atoms. The summed E-state index contributed by atoms with van der Waals surface area (Å²) in [5.74, 6) is -1.06. The monoisotopic (exact) mass is 1110 g/mol. The largest absolute Gasteiger partial charge is 0.462 e. The van der Waals surface area contributed by atoms with E-state index in [4.69, 9.17) is 14.2 Å². The summed E-state index contributed by atoms with van der Waals surface area (Å²) in [6, 6.07) is 0. The third kappa shape index (κ3) is 64.9. The highest BCUT2D eigenvalue weighted by molar-refractivity contribution is 5.71. The first-order chi connectivity index (χ1) is 40.0. The third-order valence-corrected chi connectivity index (χ3v) is 12.6. The zero-order valence-corrected chi connectivity index (χ0v) is 51.5. The van der Waals surface area contributed by atoms with Crippen molar-refractivity contribution >= 4 is 17.9 Å². The van der Waals surface area contributed by atoms with E-state index in [1.165, 1.54) is 25.7 Å². The van der Waals surface area contributed by atoms with Gasteiger partial charge in [0.25, 0.3) is 0 Å². The fourth-order valence-electron chi connectivity index (χ4n) is 7.87. The quantitative estimate of drug-likeness (QED) is 0.0261. The Morgan fingerprint density at radius 3 is 0.827 bits per heavy atom. The fraction of sp³-hybridized carbons (Fsp3) is 0.533. The van der Waals surface area contributed by atoms with Crippen LogP contribution in [0, 0.1) is 0 Å². The van der Waals surface area contributed by atoms with Crippen LogP contribution in [0.3, 0.4) is 0 Å². The average Bonchev–Trinajstić information content (AvgIpc) is 3.46. The molecule has 0 amide bonds. The van der Waals surface area contributed by atoms with Crippen LogP contribution in [-0.2, 0) is 28.6 Å². The van der Waals surface area contributed by atoms with Gasteiger partial charge in [-0.05, 0) is 154 Å². The molecule has 6 nitrogen and oxygen atoms in total. The molecule has 1 atom stereocenters. The van der Waals surface area contributed by atoms with E-state index in [0.717, 1.165) is 167 Å². The number of ether oxygens (including phenoxy) is 3. The van der Waals surface area contributed by atoms with Gasteiger partial charge in [0, 0.05) is 19.3 Å². The molecule has 0 rings (SSSR count). The van der Waals surface area contributed by atoms with Crippen molar-refractivity contribution in [1.29, 1.82) is 0 Å². The van der Waals surface area contributed by atoms with Crippen molar-refractivity contribution in [1.82, 2.24) is 0 Å². The molecule has 0 aliphatic carbocycles. The van der Waals surface area contributed by atoms with Crippen molar-refractivity contribution in [2.45, 2.75) is 245 Å². The highest BCUT2D eigenvalue weighted by Gasteiger charge is 2.19. The van der Waals surface area contributed by atoms with Crippen molar-refractivity contribution in [2.24, 2.45) is 0 Å². The highest BCUT2D eigenvalue weighted by Crippen LogP contribution is 2.12. The lowest BCUT2D eigenvalue weighted by atomic mass is 10.1. The Morgan fingerprint density at radius 1 is 0.259 bits per heavy atom. The molecule has 0 radical (unpaired) electrons. The normalized spacial score (nSPS) is 13.5. The lowest BCUT2D eigenvalue weighted by molar-refractivity contribution is -0.166. The minimum absolute atomic E-state index is 0.129. The predicted octanol–water partition coefficient (Wildman–Crippen LogP) is 22.2. The number of carbonyl (C=O) groups excluding carboxylic acids is 3. The van der Waals surface area contributed by atoms with Crippen LogP contribution < -0.4 is 0 Å². The molecule has 1 unspecified atom stereocenters. The molecule has 0 aliphatic heterocycles. The Labute approximate surface area is 497 Å². The van der Waals surface area contributed by atoms with Crippen LogP contribution in [0.15, 0.2) is 194 Å². The molecule has 81 heavy (non-hydrogen) atoms. The average molecular weight is 1110 g/mol. The maximum Gasteiger partial charge on any atom is 0.306 e. The summed E-state index contributed by atoms with van der Waals surface area (Å²) < 4.78 is 16.8. The summed E-state index contributed by atoms with van der Waals surface area (Å²) in [4.78, 5) is 38.2. The number of rotatable bonds is 55. The van der Waals surface area contributed by atoms with Gasteiger partial charge in [-0.25, -0.2) is 0 Å². The van der Waals surface area contributed by atoms with Gasteiger partial charge in [0.15, 0.2) is 6.10 Å². The highest BCUT2D eigenvalue weighted by atomic mass is 16.6. The number of allylic oxidation sites excluding steroid dienone is 32. The zero-order chi connectivity index (χ0) is 58.5. The van der Waals surface area contributed by atoms with E-state index in [2.05, 4.69) is 203 Å². The maximum atomic E-state index is 12.9. The zero-order valence-electron chi connectivity index (χ0n) is 51.5. The summed E-state index contributed by atoms with van der Waals surface area (Å²) in [7, 11) is 0. The molecule has 0 saturated carbocycles. The molecule has 450 valence electrons. The topological polar surface area (TPSA) is 78.9 Å². The van der Waals surface area contributed by atoms with E-state index in [0.29, 0.717) is 12.8 Å². The first-order valence-corrected chi connectivity index (χ1v) is 31.9. The van der Waals surface area contributed by atoms with Crippen molar-refractivity contribution in [3.8, 4) is 0 Å². The summed E-state index contributed by atoms with van der Waals surface area (Å²) in [6.07, 6.45) is 102. The molecular formula is C75H114O6. The van der Waals surface area contributed by atoms with Crippen LogP contribution in [0.2, 0.25) is 0 Å². The minimum atomic E-state index is -0.836. The molecule has 0 aromatic heterocycles. The Hall–Kier alpha value is -5.75. The van der Waals surface area contributed by atoms with Gasteiger partial charge in [0.05, 0.1) is 0 Å². The second-order valence-corrected chi connectivity index (χ2v) is 20.2. The molecule has 0 aromatic rings. The molecule has 0 aromatic carbocycles. The van der Waals surface area contributed by atoms with Gasteiger partial charge >= 0.3 is 17.9 Å². The number of hydrogen-bond donors (Lipinski definition) is 0. The molecule has 0 bridgehead atoms. The molecule has 0 fully saturated rings. The number of hydrogen-bond acceptors (Lipinski definition) is 6. The number of esters is 3. The molecule has 0 aliphatic rings. The van der Waals surface area contributed by atoms with Crippen LogP contribution in [0.4, 0.5) is 0 Å². The van der Waals surface area contributed by atoms with Crippen molar-refractivity contribution in [2.75, 3.05) is 13.2 Å². The van der Waals surface area contributed by atoms with Gasteiger partial charge in [-0.1, -0.05) is 260 Å². The summed E-state index contributed by atoms with van der Waals surface area (Å²) in [5.41, 5.74) is 0. The molecule has 0 heterocycles. The van der Waals surface area contributed by atoms with Gasteiger partial charge < -0.3 is 14.2 Å². The van der Waals surface area contributed by atoms with Crippen molar-refractivity contribution in [3.05, 3.63) is 194 Å². The molecule has 0 saturated heterocycles. The SMILES string of the molecule is CC/C=C\C/C=C\C/C=C\C/C=C\C/C=C\C/C=C\C/C=C\C/C=C\C/C=C\C/C=C\CCCCCCC(=O)OCC(COC(=O)CC/C=C\C/C=C\C/C=C\C/C=C\CC)OC(=O)CCCCCCC/C=C\C/C=C\CCCCC. The Kier molecular flexibility index (Phi) is 62.0. The first-order valence-electron chi connectivity index (χ1n) is 31.9. The van der Waals surface area contributed by atoms with Gasteiger partial charge in [-0.3, -0.25) is 14.4 Å². The Bertz CT molecular complexity index is 1950. The van der Waals surface area contributed by atoms with Crippen LogP contribution in [0.1, 0.15) is 239 Å². The number of unbranched alkanes of at least 4 members (excludes halogenated alkanes) is 12. The predicted molar refractivity (Wildman–Crippen MR) is 352 cm³/mol. The van der Waals surface area contributed by atoms with Crippen molar-refractivity contribution < 1.29 is 28.6 Å². The second kappa shape index (κ2) is 66.8. The van der Waals surface area contributed by atoms with E-state index in [1.54, 1.807) is 0 Å². The fourth-order valence-corrected chi connectivity index (χ4v) is 7.87. The van der Waals surface area contributed by atoms with Crippen LogP contribution in [0.25, 0.3) is 0 Å². The van der Waals surface area contributed by atoms with E-state index < -0.39 is 6.10 Å². The van der Waals surface area contributed by atoms with E-state index in [-0.39, 0.29) is 44.0 Å². The molecule has 0 N–H and O–H groups in total. The van der Waals surface area contributed by atoms with E-state index >= 15 is 0 Å². The van der Waals surface area contributed by atoms with Crippen LogP contribution in [0.5, 0.6) is 0 Å². The van der Waals surface area contributed by atoms with E-state index in [9.17, 15) is 14.4 Å². The standard InChI is InChI=1S/C75H114O6/c1-4-7-10-13-16-19-22-25-27-28-29-30-31-32-33-34-35-36-37-38-39-40-41-42-43-44-45-46-48-50-53-56-59-62-65-68-74(77)80-71-72(70-79-73(76)67-64-61-58-55-52-49-24-21-18-15-12-9-6-3)81-75(78)69-66-63-60-57-54-51-47-26-23-20-17-14-11-8-5-2/h7,9-10,12,16-21,25-27,29-30,32-33,35-36,38-39,41-42,44-45,47-50,52,58,61,72H,4-6,8,11,13-15,22-24,28,31,34,37,40,43,46,51,53-57,59-60,62-71H2,1-3H3/b10-7-,12-9-,19-16-,20-17-,21-18-,27-25-,30-29-,33-32-,36-35-,39-38-,42-41-,45-44-,47-26-,50-48-,52-49-,61-58-. The van der Waals surface area contributed by atoms with E-state index in [1.807, 2.05) is 12.2 Å². The molecule has 6 heteroatoms. The van der Waals surface area contributed by atoms with Crippen LogP contribution >= 0.6 is 0 Å². The van der Waals surface area contributed by atoms with Gasteiger partial charge in [-0.2, -0.15) is 0 Å². The minimum Gasteiger partial charge on any atom is -0.462 e. The van der Waals surface area contributed by atoms with Crippen LogP contribution in [-0.4, -0.2) is 37.2 Å². The lowest BCUT2D eigenvalue weighted by Gasteiger charge is -2.18. The second-order valence-electron chi connectivity index (χ2n) is 20.2. The van der Waals surface area contributed by atoms with Crippen molar-refractivity contribution in [3.63, 3.8) is 0 Å². The summed E-state index contributed by atoms with van der Waals surface area (Å²) in [6.45, 7) is 6.26. The van der Waals surface area contributed by atoms with Gasteiger partial charge in [0.2, 0.25) is 0 Å². The smallest absolute Gasteiger partial charge is 0.306 e. The first kappa shape index (κ1) is 75.2. The van der Waals surface area contributed by atoms with Gasteiger partial charge in [0.1, 0.15) is 13.2 Å². The van der Waals surface area contributed by atoms with Gasteiger partial charge in [-0.15, -0.1) is 0 Å². The Morgan fingerprint density at radius 2 is 0.506 bits per heavy atom. The third-order valence-electron chi connectivity index (χ3n) is 12.6.